The van der Waals surface area contributed by atoms with Gasteiger partial charge in [-0.15, -0.1) is 0 Å². The molecule has 2 aromatic carbocycles. The summed E-state index contributed by atoms with van der Waals surface area (Å²) < 4.78 is 50.6. The van der Waals surface area contributed by atoms with Crippen LogP contribution in [0.4, 0.5) is 24.5 Å². The highest BCUT2D eigenvalue weighted by Crippen LogP contribution is 2.39. The van der Waals surface area contributed by atoms with Crippen molar-refractivity contribution in [3.8, 4) is 23.0 Å². The zero-order valence-corrected chi connectivity index (χ0v) is 19.4. The number of alkyl halides is 3. The Hall–Kier alpha value is -4.35. The van der Waals surface area contributed by atoms with Gasteiger partial charge in [0.25, 0.3) is 11.8 Å². The van der Waals surface area contributed by atoms with E-state index in [2.05, 4.69) is 15.3 Å². The van der Waals surface area contributed by atoms with Crippen molar-refractivity contribution in [2.24, 2.45) is 5.73 Å². The fraction of sp³-hybridized carbons (Fsp3) is 0.280. The number of hydrogen-bond acceptors (Lipinski definition) is 7. The highest BCUT2D eigenvalue weighted by molar-refractivity contribution is 5.91. The largest absolute Gasteiger partial charge is 0.491 e. The Labute approximate surface area is 209 Å². The number of nitrogens with two attached hydrogens (primary N) is 1. The van der Waals surface area contributed by atoms with Gasteiger partial charge >= 0.3 is 6.18 Å². The molecule has 0 spiro atoms. The van der Waals surface area contributed by atoms with Crippen LogP contribution in [0.25, 0.3) is 11.4 Å². The predicted molar refractivity (Wildman–Crippen MR) is 127 cm³/mol. The molecule has 1 saturated heterocycles. The number of fused-ring (bicyclic) bond motifs is 1. The Bertz CT molecular complexity index is 1350. The maximum Gasteiger partial charge on any atom is 0.416 e. The number of hydrogen-bond donors (Lipinski definition) is 2. The molecule has 9 nitrogen and oxygen atoms in total. The van der Waals surface area contributed by atoms with E-state index in [0.29, 0.717) is 55.2 Å². The number of benzene rings is 2. The van der Waals surface area contributed by atoms with Gasteiger partial charge in [-0.05, 0) is 48.9 Å². The van der Waals surface area contributed by atoms with E-state index in [9.17, 15) is 22.8 Å². The van der Waals surface area contributed by atoms with E-state index in [1.807, 2.05) is 4.90 Å². The molecule has 1 atom stereocenters. The minimum absolute atomic E-state index is 0.0306. The molecule has 0 bridgehead atoms. The first-order valence-electron chi connectivity index (χ1n) is 11.5. The van der Waals surface area contributed by atoms with Crippen LogP contribution in [0.5, 0.6) is 11.6 Å². The zero-order chi connectivity index (χ0) is 26.2. The monoisotopic (exact) mass is 513 g/mol. The molecule has 2 aliphatic rings. The lowest BCUT2D eigenvalue weighted by molar-refractivity contribution is -0.137. The van der Waals surface area contributed by atoms with Crippen molar-refractivity contribution in [3.05, 3.63) is 59.8 Å². The summed E-state index contributed by atoms with van der Waals surface area (Å²) in [7, 11) is 0. The van der Waals surface area contributed by atoms with Gasteiger partial charge < -0.3 is 25.4 Å². The SMILES string of the molecule is NC(=O)c1cc(O[C@H]2CCNC2=O)nc(-c2ccc3c(c2)OCCCN3c2ccc(C(F)(F)F)cc2)n1. The van der Waals surface area contributed by atoms with Gasteiger partial charge in [-0.1, -0.05) is 0 Å². The van der Waals surface area contributed by atoms with E-state index in [1.165, 1.54) is 18.2 Å². The molecule has 2 amide bonds. The third kappa shape index (κ3) is 5.13. The van der Waals surface area contributed by atoms with Gasteiger partial charge in [-0.2, -0.15) is 18.2 Å². The number of anilines is 2. The molecular weight excluding hydrogens is 491 g/mol. The summed E-state index contributed by atoms with van der Waals surface area (Å²) in [5.74, 6) is -0.420. The molecule has 0 radical (unpaired) electrons. The maximum absolute atomic E-state index is 13.0. The number of rotatable bonds is 5. The number of aromatic nitrogens is 2. The normalized spacial score (nSPS) is 17.4. The van der Waals surface area contributed by atoms with Crippen LogP contribution in [-0.2, 0) is 11.0 Å². The lowest BCUT2D eigenvalue weighted by Gasteiger charge is -2.24. The van der Waals surface area contributed by atoms with Gasteiger partial charge in [0.2, 0.25) is 5.88 Å². The quantitative estimate of drug-likeness (QED) is 0.536. The molecule has 2 aliphatic heterocycles. The van der Waals surface area contributed by atoms with E-state index in [-0.39, 0.29) is 23.3 Å². The smallest absolute Gasteiger partial charge is 0.416 e. The average molecular weight is 513 g/mol. The van der Waals surface area contributed by atoms with Crippen molar-refractivity contribution in [2.75, 3.05) is 24.6 Å². The standard InChI is InChI=1S/C25H22F3N5O4/c26-25(27,28)15-3-5-16(6-4-15)33-10-1-11-36-20-12-14(2-7-18(20)33)23-31-17(22(29)34)13-21(32-23)37-19-8-9-30-24(19)35/h2-7,12-13,19H,1,8-11H2,(H2,29,34)(H,30,35)/t19-/m0/s1. The second-order valence-electron chi connectivity index (χ2n) is 8.55. The van der Waals surface area contributed by atoms with Crippen molar-refractivity contribution >= 4 is 23.2 Å². The zero-order valence-electron chi connectivity index (χ0n) is 19.4. The Balaban J connectivity index is 1.49. The van der Waals surface area contributed by atoms with Crippen molar-refractivity contribution < 1.29 is 32.2 Å². The average Bonchev–Trinajstić information content (AvgIpc) is 3.15. The molecule has 0 aliphatic carbocycles. The number of ether oxygens (including phenoxy) is 2. The van der Waals surface area contributed by atoms with Crippen LogP contribution in [0.2, 0.25) is 0 Å². The Morgan fingerprint density at radius 1 is 1.14 bits per heavy atom. The van der Waals surface area contributed by atoms with Crippen LogP contribution in [-0.4, -0.2) is 47.6 Å². The van der Waals surface area contributed by atoms with E-state index >= 15 is 0 Å². The van der Waals surface area contributed by atoms with Crippen LogP contribution >= 0.6 is 0 Å². The predicted octanol–water partition coefficient (Wildman–Crippen LogP) is 3.45. The summed E-state index contributed by atoms with van der Waals surface area (Å²) in [6, 6.07) is 11.4. The lowest BCUT2D eigenvalue weighted by atomic mass is 10.1. The maximum atomic E-state index is 13.0. The fourth-order valence-electron chi connectivity index (χ4n) is 4.19. The highest BCUT2D eigenvalue weighted by Gasteiger charge is 2.31. The van der Waals surface area contributed by atoms with E-state index in [4.69, 9.17) is 15.2 Å². The summed E-state index contributed by atoms with van der Waals surface area (Å²) in [6.45, 7) is 1.40. The van der Waals surface area contributed by atoms with Crippen LogP contribution in [0.15, 0.2) is 48.5 Å². The van der Waals surface area contributed by atoms with Crippen molar-refractivity contribution in [2.45, 2.75) is 25.1 Å². The second kappa shape index (κ2) is 9.60. The summed E-state index contributed by atoms with van der Waals surface area (Å²) >= 11 is 0. The first-order chi connectivity index (χ1) is 17.7. The molecule has 0 saturated carbocycles. The second-order valence-corrected chi connectivity index (χ2v) is 8.55. The minimum Gasteiger partial charge on any atom is -0.491 e. The molecule has 3 aromatic rings. The Morgan fingerprint density at radius 3 is 2.59 bits per heavy atom. The van der Waals surface area contributed by atoms with Crippen molar-refractivity contribution in [1.82, 2.24) is 15.3 Å². The van der Waals surface area contributed by atoms with Gasteiger partial charge in [0.15, 0.2) is 11.9 Å². The van der Waals surface area contributed by atoms with Gasteiger partial charge in [0.05, 0.1) is 17.9 Å². The molecule has 5 rings (SSSR count). The number of primary amides is 1. The molecule has 1 aromatic heterocycles. The van der Waals surface area contributed by atoms with Crippen molar-refractivity contribution in [1.29, 1.82) is 0 Å². The number of nitrogens with zero attached hydrogens (tertiary/aromatic N) is 3. The van der Waals surface area contributed by atoms with Crippen LogP contribution in [0.3, 0.4) is 0 Å². The molecule has 3 N–H and O–H groups in total. The number of carbonyl (C=O) groups is 2. The van der Waals surface area contributed by atoms with Gasteiger partial charge in [-0.3, -0.25) is 9.59 Å². The van der Waals surface area contributed by atoms with Gasteiger partial charge in [0.1, 0.15) is 11.4 Å². The topological polar surface area (TPSA) is 120 Å². The Kier molecular flexibility index (Phi) is 6.32. The number of amides is 2. The first kappa shape index (κ1) is 24.3. The van der Waals surface area contributed by atoms with Gasteiger partial charge in [0, 0.05) is 36.8 Å². The highest BCUT2D eigenvalue weighted by atomic mass is 19.4. The fourth-order valence-corrected chi connectivity index (χ4v) is 4.19. The summed E-state index contributed by atoms with van der Waals surface area (Å²) in [4.78, 5) is 34.3. The molecule has 1 fully saturated rings. The third-order valence-corrected chi connectivity index (χ3v) is 6.02. The molecule has 192 valence electrons. The van der Waals surface area contributed by atoms with Crippen LogP contribution < -0.4 is 25.4 Å². The summed E-state index contributed by atoms with van der Waals surface area (Å²) in [5, 5.41) is 2.67. The first-order valence-corrected chi connectivity index (χ1v) is 11.5. The van der Waals surface area contributed by atoms with E-state index < -0.39 is 23.8 Å². The minimum atomic E-state index is -4.42. The van der Waals surface area contributed by atoms with Crippen molar-refractivity contribution in [3.63, 3.8) is 0 Å². The number of halogens is 3. The third-order valence-electron chi connectivity index (χ3n) is 6.02. The van der Waals surface area contributed by atoms with Crippen LogP contribution in [0, 0.1) is 0 Å². The van der Waals surface area contributed by atoms with E-state index in [1.54, 1.807) is 18.2 Å². The van der Waals surface area contributed by atoms with E-state index in [0.717, 1.165) is 12.1 Å². The summed E-state index contributed by atoms with van der Waals surface area (Å²) in [6.07, 6.45) is -4.07. The number of nitrogens with one attached hydrogen (secondary N) is 1. The van der Waals surface area contributed by atoms with Crippen LogP contribution in [0.1, 0.15) is 28.9 Å². The number of carbonyl (C=O) groups excluding carboxylic acids is 2. The molecule has 3 heterocycles. The molecular formula is C25H22F3N5O4. The molecule has 37 heavy (non-hydrogen) atoms. The molecule has 0 unspecified atom stereocenters. The summed E-state index contributed by atoms with van der Waals surface area (Å²) in [5.41, 5.74) is 6.39. The molecule has 12 heteroatoms. The van der Waals surface area contributed by atoms with Gasteiger partial charge in [-0.25, -0.2) is 4.98 Å². The Morgan fingerprint density at radius 2 is 1.92 bits per heavy atom. The lowest BCUT2D eigenvalue weighted by Crippen LogP contribution is -2.28.